The van der Waals surface area contributed by atoms with Crippen molar-refractivity contribution in [1.29, 1.82) is 0 Å². The standard InChI is InChI=1S/C12H17N3O4/c1-8-3-4-10(7-11(8)15(18)19)14-12(17)13-6-5-9(2)16/h3-4,7,9,16H,5-6H2,1-2H3,(H2,13,14,17). The highest BCUT2D eigenvalue weighted by Gasteiger charge is 2.12. The lowest BCUT2D eigenvalue weighted by Crippen LogP contribution is -2.30. The van der Waals surface area contributed by atoms with Crippen molar-refractivity contribution in [2.24, 2.45) is 0 Å². The summed E-state index contributed by atoms with van der Waals surface area (Å²) in [6.07, 6.45) is -0.0395. The third kappa shape index (κ3) is 4.92. The van der Waals surface area contributed by atoms with Crippen LogP contribution in [0.15, 0.2) is 18.2 Å². The van der Waals surface area contributed by atoms with E-state index in [0.717, 1.165) is 0 Å². The van der Waals surface area contributed by atoms with Crippen LogP contribution in [0.4, 0.5) is 16.2 Å². The summed E-state index contributed by atoms with van der Waals surface area (Å²) < 4.78 is 0. The fourth-order valence-electron chi connectivity index (χ4n) is 1.45. The molecule has 0 bridgehead atoms. The smallest absolute Gasteiger partial charge is 0.319 e. The van der Waals surface area contributed by atoms with Crippen LogP contribution in [-0.2, 0) is 0 Å². The topological polar surface area (TPSA) is 104 Å². The highest BCUT2D eigenvalue weighted by molar-refractivity contribution is 5.89. The van der Waals surface area contributed by atoms with Crippen LogP contribution >= 0.6 is 0 Å². The molecule has 3 N–H and O–H groups in total. The molecule has 0 spiro atoms. The van der Waals surface area contributed by atoms with E-state index in [1.165, 1.54) is 6.07 Å². The molecule has 0 aliphatic carbocycles. The first-order chi connectivity index (χ1) is 8.90. The monoisotopic (exact) mass is 267 g/mol. The summed E-state index contributed by atoms with van der Waals surface area (Å²) in [6.45, 7) is 3.59. The zero-order valence-electron chi connectivity index (χ0n) is 10.8. The van der Waals surface area contributed by atoms with Gasteiger partial charge in [0, 0.05) is 23.9 Å². The van der Waals surface area contributed by atoms with Gasteiger partial charge in [0.05, 0.1) is 11.0 Å². The highest BCUT2D eigenvalue weighted by Crippen LogP contribution is 2.22. The molecule has 1 atom stereocenters. The van der Waals surface area contributed by atoms with Gasteiger partial charge in [-0.3, -0.25) is 10.1 Å². The summed E-state index contributed by atoms with van der Waals surface area (Å²) in [5.41, 5.74) is 0.846. The van der Waals surface area contributed by atoms with Crippen molar-refractivity contribution < 1.29 is 14.8 Å². The number of urea groups is 1. The number of hydrogen-bond acceptors (Lipinski definition) is 4. The van der Waals surface area contributed by atoms with E-state index < -0.39 is 17.1 Å². The molecule has 0 saturated carbocycles. The first-order valence-electron chi connectivity index (χ1n) is 5.88. The van der Waals surface area contributed by atoms with Gasteiger partial charge in [-0.15, -0.1) is 0 Å². The van der Waals surface area contributed by atoms with Gasteiger partial charge < -0.3 is 15.7 Å². The zero-order chi connectivity index (χ0) is 14.4. The predicted octanol–water partition coefficient (Wildman–Crippen LogP) is 1.80. The maximum Gasteiger partial charge on any atom is 0.319 e. The number of anilines is 1. The Hall–Kier alpha value is -2.15. The molecule has 0 heterocycles. The second kappa shape index (κ2) is 6.69. The molecule has 19 heavy (non-hydrogen) atoms. The number of nitrogens with one attached hydrogen (secondary N) is 2. The molecule has 0 fully saturated rings. The second-order valence-corrected chi connectivity index (χ2v) is 4.28. The third-order valence-electron chi connectivity index (χ3n) is 2.51. The maximum absolute atomic E-state index is 11.5. The van der Waals surface area contributed by atoms with Gasteiger partial charge in [0.15, 0.2) is 0 Å². The van der Waals surface area contributed by atoms with Crippen LogP contribution in [0.2, 0.25) is 0 Å². The Balaban J connectivity index is 2.60. The first-order valence-corrected chi connectivity index (χ1v) is 5.88. The van der Waals surface area contributed by atoms with E-state index in [2.05, 4.69) is 10.6 Å². The van der Waals surface area contributed by atoms with Crippen molar-refractivity contribution in [3.63, 3.8) is 0 Å². The van der Waals surface area contributed by atoms with E-state index in [1.54, 1.807) is 26.0 Å². The number of aryl methyl sites for hydroxylation is 1. The Bertz CT molecular complexity index is 474. The Labute approximate surface area is 110 Å². The lowest BCUT2D eigenvalue weighted by atomic mass is 10.2. The molecule has 0 saturated heterocycles. The van der Waals surface area contributed by atoms with E-state index in [9.17, 15) is 14.9 Å². The van der Waals surface area contributed by atoms with Crippen LogP contribution < -0.4 is 10.6 Å². The minimum absolute atomic E-state index is 0.0400. The summed E-state index contributed by atoms with van der Waals surface area (Å²) in [5.74, 6) is 0. The predicted molar refractivity (Wildman–Crippen MR) is 71.2 cm³/mol. The van der Waals surface area contributed by atoms with Crippen LogP contribution in [0.1, 0.15) is 18.9 Å². The molecule has 2 amide bonds. The number of nitro benzene ring substituents is 1. The summed E-state index contributed by atoms with van der Waals surface area (Å²) in [7, 11) is 0. The van der Waals surface area contributed by atoms with Crippen LogP contribution in [0.25, 0.3) is 0 Å². The van der Waals surface area contributed by atoms with Gasteiger partial charge >= 0.3 is 6.03 Å². The summed E-state index contributed by atoms with van der Waals surface area (Å²) >= 11 is 0. The minimum Gasteiger partial charge on any atom is -0.393 e. The molecule has 0 aliphatic heterocycles. The van der Waals surface area contributed by atoms with Gasteiger partial charge in [0.2, 0.25) is 0 Å². The molecule has 7 nitrogen and oxygen atoms in total. The fourth-order valence-corrected chi connectivity index (χ4v) is 1.45. The maximum atomic E-state index is 11.5. The Kier molecular flexibility index (Phi) is 5.25. The molecular weight excluding hydrogens is 250 g/mol. The van der Waals surface area contributed by atoms with Gasteiger partial charge in [-0.2, -0.15) is 0 Å². The van der Waals surface area contributed by atoms with Gasteiger partial charge in [-0.25, -0.2) is 4.79 Å². The number of aliphatic hydroxyl groups excluding tert-OH is 1. The van der Waals surface area contributed by atoms with E-state index in [1.807, 2.05) is 0 Å². The van der Waals surface area contributed by atoms with E-state index in [0.29, 0.717) is 24.2 Å². The van der Waals surface area contributed by atoms with Gasteiger partial charge in [0.1, 0.15) is 0 Å². The molecule has 104 valence electrons. The number of benzene rings is 1. The average Bonchev–Trinajstić information content (AvgIpc) is 2.30. The van der Waals surface area contributed by atoms with Crippen molar-refractivity contribution in [1.82, 2.24) is 5.32 Å². The molecule has 1 unspecified atom stereocenters. The normalized spacial score (nSPS) is 11.7. The number of carbonyl (C=O) groups is 1. The second-order valence-electron chi connectivity index (χ2n) is 4.28. The van der Waals surface area contributed by atoms with Crippen molar-refractivity contribution in [3.8, 4) is 0 Å². The van der Waals surface area contributed by atoms with Crippen molar-refractivity contribution in [3.05, 3.63) is 33.9 Å². The number of nitro groups is 1. The van der Waals surface area contributed by atoms with Crippen LogP contribution in [-0.4, -0.2) is 28.7 Å². The number of aliphatic hydroxyl groups is 1. The quantitative estimate of drug-likeness (QED) is 0.558. The minimum atomic E-state index is -0.494. The number of carbonyl (C=O) groups excluding carboxylic acids is 1. The van der Waals surface area contributed by atoms with Crippen molar-refractivity contribution in [2.75, 3.05) is 11.9 Å². The zero-order valence-corrected chi connectivity index (χ0v) is 10.8. The van der Waals surface area contributed by atoms with Gasteiger partial charge in [0.25, 0.3) is 5.69 Å². The molecular formula is C12H17N3O4. The fraction of sp³-hybridized carbons (Fsp3) is 0.417. The molecule has 1 rings (SSSR count). The number of hydrogen-bond donors (Lipinski definition) is 3. The van der Waals surface area contributed by atoms with Crippen molar-refractivity contribution in [2.45, 2.75) is 26.4 Å². The Morgan fingerprint density at radius 3 is 2.79 bits per heavy atom. The highest BCUT2D eigenvalue weighted by atomic mass is 16.6. The molecule has 0 radical (unpaired) electrons. The van der Waals surface area contributed by atoms with E-state index in [4.69, 9.17) is 5.11 Å². The van der Waals surface area contributed by atoms with Crippen molar-refractivity contribution >= 4 is 17.4 Å². The van der Waals surface area contributed by atoms with Gasteiger partial charge in [-0.1, -0.05) is 6.07 Å². The molecule has 0 aromatic heterocycles. The number of rotatable bonds is 5. The van der Waals surface area contributed by atoms with Gasteiger partial charge in [-0.05, 0) is 26.3 Å². The summed E-state index contributed by atoms with van der Waals surface area (Å²) in [5, 5.41) is 24.8. The largest absolute Gasteiger partial charge is 0.393 e. The number of amides is 2. The van der Waals surface area contributed by atoms with Crippen LogP contribution in [0.5, 0.6) is 0 Å². The summed E-state index contributed by atoms with van der Waals surface area (Å²) in [6, 6.07) is 4.02. The van der Waals surface area contributed by atoms with E-state index >= 15 is 0 Å². The molecule has 1 aromatic rings. The lowest BCUT2D eigenvalue weighted by Gasteiger charge is -2.09. The Morgan fingerprint density at radius 1 is 1.53 bits per heavy atom. The number of nitrogens with zero attached hydrogens (tertiary/aromatic N) is 1. The average molecular weight is 267 g/mol. The van der Waals surface area contributed by atoms with Crippen LogP contribution in [0.3, 0.4) is 0 Å². The summed E-state index contributed by atoms with van der Waals surface area (Å²) in [4.78, 5) is 21.7. The molecule has 0 aliphatic rings. The molecule has 7 heteroatoms. The van der Waals surface area contributed by atoms with E-state index in [-0.39, 0.29) is 5.69 Å². The SMILES string of the molecule is Cc1ccc(NC(=O)NCCC(C)O)cc1[N+](=O)[O-]. The Morgan fingerprint density at radius 2 is 2.21 bits per heavy atom. The lowest BCUT2D eigenvalue weighted by molar-refractivity contribution is -0.385. The molecule has 1 aromatic carbocycles. The van der Waals surface area contributed by atoms with Crippen LogP contribution in [0, 0.1) is 17.0 Å². The third-order valence-corrected chi connectivity index (χ3v) is 2.51. The first kappa shape index (κ1) is 14.9.